The SMILES string of the molecule is O=C(O)c1nnc2ccccc2c1N1CCOCC1CO. The van der Waals surface area contributed by atoms with E-state index >= 15 is 0 Å². The maximum Gasteiger partial charge on any atom is 0.358 e. The number of hydrogen-bond donors (Lipinski definition) is 2. The van der Waals surface area contributed by atoms with Crippen LogP contribution in [0.5, 0.6) is 0 Å². The van der Waals surface area contributed by atoms with Crippen molar-refractivity contribution < 1.29 is 19.7 Å². The molecule has 0 bridgehead atoms. The first kappa shape index (κ1) is 13.7. The number of fused-ring (bicyclic) bond motifs is 1. The number of benzene rings is 1. The van der Waals surface area contributed by atoms with Crippen LogP contribution in [0.15, 0.2) is 24.3 Å². The number of carboxylic acid groups (broad SMARTS) is 1. The van der Waals surface area contributed by atoms with E-state index in [4.69, 9.17) is 4.74 Å². The standard InChI is InChI=1S/C14H15N3O4/c18-7-9-8-21-6-5-17(9)13-10-3-1-2-4-11(10)15-16-12(13)14(19)20/h1-4,9,18H,5-8H2,(H,19,20). The first-order valence-corrected chi connectivity index (χ1v) is 6.66. The van der Waals surface area contributed by atoms with Gasteiger partial charge in [-0.2, -0.15) is 0 Å². The molecule has 7 nitrogen and oxygen atoms in total. The summed E-state index contributed by atoms with van der Waals surface area (Å²) in [5.41, 5.74) is 1.02. The van der Waals surface area contributed by atoms with E-state index in [1.807, 2.05) is 23.1 Å². The second-order valence-electron chi connectivity index (χ2n) is 4.82. The van der Waals surface area contributed by atoms with Crippen LogP contribution in [0.4, 0.5) is 5.69 Å². The topological polar surface area (TPSA) is 95.8 Å². The average molecular weight is 289 g/mol. The molecule has 1 aromatic heterocycles. The number of morpholine rings is 1. The molecule has 1 atom stereocenters. The summed E-state index contributed by atoms with van der Waals surface area (Å²) in [6.45, 7) is 1.22. The molecule has 0 spiro atoms. The van der Waals surface area contributed by atoms with E-state index in [0.29, 0.717) is 36.3 Å². The fourth-order valence-corrected chi connectivity index (χ4v) is 2.58. The Bertz CT molecular complexity index is 676. The van der Waals surface area contributed by atoms with E-state index < -0.39 is 5.97 Å². The van der Waals surface area contributed by atoms with Gasteiger partial charge >= 0.3 is 5.97 Å². The predicted molar refractivity (Wildman–Crippen MR) is 75.5 cm³/mol. The van der Waals surface area contributed by atoms with Gasteiger partial charge in [0.1, 0.15) is 0 Å². The Kier molecular flexibility index (Phi) is 3.68. The number of aromatic carboxylic acids is 1. The summed E-state index contributed by atoms with van der Waals surface area (Å²) in [5.74, 6) is -1.13. The second-order valence-corrected chi connectivity index (χ2v) is 4.82. The molecule has 3 rings (SSSR count). The van der Waals surface area contributed by atoms with Crippen molar-refractivity contribution in [3.8, 4) is 0 Å². The number of nitrogens with zero attached hydrogens (tertiary/aromatic N) is 3. The summed E-state index contributed by atoms with van der Waals surface area (Å²) in [5, 5.41) is 27.4. The molecule has 1 aromatic carbocycles. The molecule has 2 aromatic rings. The molecule has 2 heterocycles. The third-order valence-corrected chi connectivity index (χ3v) is 3.57. The van der Waals surface area contributed by atoms with E-state index in [0.717, 1.165) is 0 Å². The van der Waals surface area contributed by atoms with E-state index in [2.05, 4.69) is 10.2 Å². The van der Waals surface area contributed by atoms with Crippen molar-refractivity contribution >= 4 is 22.6 Å². The molecule has 2 N–H and O–H groups in total. The van der Waals surface area contributed by atoms with Crippen molar-refractivity contribution in [3.05, 3.63) is 30.0 Å². The van der Waals surface area contributed by atoms with Gasteiger partial charge in [-0.25, -0.2) is 4.79 Å². The van der Waals surface area contributed by atoms with E-state index in [9.17, 15) is 15.0 Å². The summed E-state index contributed by atoms with van der Waals surface area (Å²) < 4.78 is 5.35. The van der Waals surface area contributed by atoms with Crippen LogP contribution in [0, 0.1) is 0 Å². The molecular formula is C14H15N3O4. The van der Waals surface area contributed by atoms with Gasteiger partial charge in [-0.1, -0.05) is 18.2 Å². The van der Waals surface area contributed by atoms with Crippen molar-refractivity contribution in [2.75, 3.05) is 31.3 Å². The lowest BCUT2D eigenvalue weighted by molar-refractivity contribution is 0.0670. The number of aliphatic hydroxyl groups is 1. The fraction of sp³-hybridized carbons (Fsp3) is 0.357. The van der Waals surface area contributed by atoms with Gasteiger partial charge in [0.2, 0.25) is 0 Å². The molecule has 21 heavy (non-hydrogen) atoms. The zero-order valence-corrected chi connectivity index (χ0v) is 11.3. The van der Waals surface area contributed by atoms with Crippen LogP contribution in [0.2, 0.25) is 0 Å². The lowest BCUT2D eigenvalue weighted by atomic mass is 10.1. The van der Waals surface area contributed by atoms with Crippen LogP contribution in [-0.4, -0.2) is 58.8 Å². The molecule has 1 fully saturated rings. The summed E-state index contributed by atoms with van der Waals surface area (Å²) in [4.78, 5) is 13.3. The number of anilines is 1. The number of carbonyl (C=O) groups is 1. The molecule has 0 radical (unpaired) electrons. The van der Waals surface area contributed by atoms with Gasteiger partial charge in [-0.15, -0.1) is 10.2 Å². The van der Waals surface area contributed by atoms with E-state index in [-0.39, 0.29) is 18.3 Å². The van der Waals surface area contributed by atoms with Crippen LogP contribution in [0.25, 0.3) is 10.9 Å². The van der Waals surface area contributed by atoms with Gasteiger partial charge < -0.3 is 19.8 Å². The van der Waals surface area contributed by atoms with Gasteiger partial charge in [0.15, 0.2) is 5.69 Å². The minimum atomic E-state index is -1.13. The predicted octanol–water partition coefficient (Wildman–Crippen LogP) is 0.525. The zero-order chi connectivity index (χ0) is 14.8. The summed E-state index contributed by atoms with van der Waals surface area (Å²) >= 11 is 0. The molecule has 7 heteroatoms. The Morgan fingerprint density at radius 3 is 2.95 bits per heavy atom. The van der Waals surface area contributed by atoms with E-state index in [1.54, 1.807) is 6.07 Å². The smallest absolute Gasteiger partial charge is 0.358 e. The largest absolute Gasteiger partial charge is 0.476 e. The fourth-order valence-electron chi connectivity index (χ4n) is 2.58. The highest BCUT2D eigenvalue weighted by molar-refractivity contribution is 6.02. The molecule has 0 amide bonds. The Morgan fingerprint density at radius 1 is 1.38 bits per heavy atom. The quantitative estimate of drug-likeness (QED) is 0.850. The normalized spacial score (nSPS) is 18.9. The van der Waals surface area contributed by atoms with Crippen LogP contribution in [0.1, 0.15) is 10.5 Å². The maximum atomic E-state index is 11.5. The number of rotatable bonds is 3. The summed E-state index contributed by atoms with van der Waals surface area (Å²) in [6.07, 6.45) is 0. The van der Waals surface area contributed by atoms with Gasteiger partial charge in [0.05, 0.1) is 37.1 Å². The van der Waals surface area contributed by atoms with Crippen molar-refractivity contribution in [1.82, 2.24) is 10.2 Å². The first-order valence-electron chi connectivity index (χ1n) is 6.66. The van der Waals surface area contributed by atoms with Crippen molar-refractivity contribution in [2.45, 2.75) is 6.04 Å². The monoisotopic (exact) mass is 289 g/mol. The van der Waals surface area contributed by atoms with Crippen molar-refractivity contribution in [1.29, 1.82) is 0 Å². The molecule has 1 unspecified atom stereocenters. The molecular weight excluding hydrogens is 274 g/mol. The highest BCUT2D eigenvalue weighted by Gasteiger charge is 2.29. The summed E-state index contributed by atoms with van der Waals surface area (Å²) in [6, 6.07) is 6.96. The Morgan fingerprint density at radius 2 is 2.19 bits per heavy atom. The number of aromatic nitrogens is 2. The average Bonchev–Trinajstić information content (AvgIpc) is 2.53. The highest BCUT2D eigenvalue weighted by atomic mass is 16.5. The Balaban J connectivity index is 2.22. The second kappa shape index (κ2) is 5.63. The highest BCUT2D eigenvalue weighted by Crippen LogP contribution is 2.30. The van der Waals surface area contributed by atoms with Crippen molar-refractivity contribution in [2.24, 2.45) is 0 Å². The number of ether oxygens (including phenoxy) is 1. The molecule has 1 saturated heterocycles. The van der Waals surface area contributed by atoms with E-state index in [1.165, 1.54) is 0 Å². The lowest BCUT2D eigenvalue weighted by Crippen LogP contribution is -2.48. The number of carboxylic acids is 1. The van der Waals surface area contributed by atoms with Crippen molar-refractivity contribution in [3.63, 3.8) is 0 Å². The number of hydrogen-bond acceptors (Lipinski definition) is 6. The van der Waals surface area contributed by atoms with Gasteiger partial charge in [0, 0.05) is 11.9 Å². The minimum absolute atomic E-state index is 0.103. The van der Waals surface area contributed by atoms with Gasteiger partial charge in [-0.3, -0.25) is 0 Å². The van der Waals surface area contributed by atoms with Crippen LogP contribution in [0.3, 0.4) is 0 Å². The lowest BCUT2D eigenvalue weighted by Gasteiger charge is -2.37. The number of aliphatic hydroxyl groups excluding tert-OH is 1. The molecule has 1 aliphatic rings. The zero-order valence-electron chi connectivity index (χ0n) is 11.3. The molecule has 110 valence electrons. The molecule has 1 aliphatic heterocycles. The van der Waals surface area contributed by atoms with Gasteiger partial charge in [0.25, 0.3) is 0 Å². The maximum absolute atomic E-state index is 11.5. The molecule has 0 saturated carbocycles. The van der Waals surface area contributed by atoms with Gasteiger partial charge in [-0.05, 0) is 6.07 Å². The van der Waals surface area contributed by atoms with Crippen LogP contribution in [-0.2, 0) is 4.74 Å². The third kappa shape index (κ3) is 2.41. The Hall–Kier alpha value is -2.25. The summed E-state index contributed by atoms with van der Waals surface area (Å²) in [7, 11) is 0. The Labute approximate surface area is 120 Å². The van der Waals surface area contributed by atoms with Crippen LogP contribution < -0.4 is 4.90 Å². The first-order chi connectivity index (χ1) is 10.2. The minimum Gasteiger partial charge on any atom is -0.476 e. The third-order valence-electron chi connectivity index (χ3n) is 3.57. The molecule has 0 aliphatic carbocycles. The van der Waals surface area contributed by atoms with Crippen LogP contribution >= 0.6 is 0 Å².